The van der Waals surface area contributed by atoms with Gasteiger partial charge in [-0.05, 0) is 74.1 Å². The van der Waals surface area contributed by atoms with E-state index in [-0.39, 0.29) is 29.3 Å². The van der Waals surface area contributed by atoms with Gasteiger partial charge in [0.1, 0.15) is 6.33 Å². The highest BCUT2D eigenvalue weighted by Crippen LogP contribution is 2.30. The van der Waals surface area contributed by atoms with Gasteiger partial charge in [0, 0.05) is 30.9 Å². The number of nitrogens with one attached hydrogen (secondary N) is 1. The highest BCUT2D eigenvalue weighted by molar-refractivity contribution is 6.01. The lowest BCUT2D eigenvalue weighted by Gasteiger charge is -2.31. The van der Waals surface area contributed by atoms with E-state index in [0.29, 0.717) is 18.8 Å². The Labute approximate surface area is 213 Å². The number of hydrogen-bond donors (Lipinski definition) is 1. The lowest BCUT2D eigenvalue weighted by Crippen LogP contribution is -2.38. The quantitative estimate of drug-likeness (QED) is 0.440. The number of hydrogen-bond acceptors (Lipinski definition) is 4. The van der Waals surface area contributed by atoms with Gasteiger partial charge < -0.3 is 10.2 Å². The molecule has 4 rings (SSSR count). The predicted molar refractivity (Wildman–Crippen MR) is 134 cm³/mol. The van der Waals surface area contributed by atoms with Gasteiger partial charge in [-0.25, -0.2) is 9.67 Å². The second kappa shape index (κ2) is 11.0. The summed E-state index contributed by atoms with van der Waals surface area (Å²) in [7, 11) is 0. The van der Waals surface area contributed by atoms with Crippen LogP contribution in [0.2, 0.25) is 0 Å². The Bertz CT molecular complexity index is 1270. The first kappa shape index (κ1) is 26.1. The minimum Gasteiger partial charge on any atom is -0.336 e. The normalized spacial score (nSPS) is 14.9. The molecule has 2 amide bonds. The van der Waals surface area contributed by atoms with Crippen molar-refractivity contribution < 1.29 is 22.8 Å². The number of aromatic nitrogens is 3. The van der Waals surface area contributed by atoms with E-state index in [1.165, 1.54) is 24.3 Å². The van der Waals surface area contributed by atoms with Gasteiger partial charge in [-0.3, -0.25) is 9.59 Å². The molecule has 0 atom stereocenters. The number of carbonyl (C=O) groups is 2. The Morgan fingerprint density at radius 3 is 2.41 bits per heavy atom. The summed E-state index contributed by atoms with van der Waals surface area (Å²) in [6, 6.07) is 12.4. The van der Waals surface area contributed by atoms with Crippen LogP contribution in [0.5, 0.6) is 0 Å². The van der Waals surface area contributed by atoms with Crippen LogP contribution in [0.3, 0.4) is 0 Å². The second-order valence-corrected chi connectivity index (χ2v) is 9.28. The molecular formula is C27H28F3N5O2. The highest BCUT2D eigenvalue weighted by Gasteiger charge is 2.30. The van der Waals surface area contributed by atoms with E-state index in [1.54, 1.807) is 28.0 Å². The molecule has 1 aliphatic rings. The molecule has 194 valence electrons. The summed E-state index contributed by atoms with van der Waals surface area (Å²) in [5.41, 5.74) is 1.22. The van der Waals surface area contributed by atoms with Crippen molar-refractivity contribution in [1.29, 1.82) is 0 Å². The highest BCUT2D eigenvalue weighted by atomic mass is 19.4. The van der Waals surface area contributed by atoms with E-state index >= 15 is 0 Å². The molecule has 7 nitrogen and oxygen atoms in total. The number of halogens is 3. The predicted octanol–water partition coefficient (Wildman–Crippen LogP) is 5.55. The number of carbonyl (C=O) groups excluding carboxylic acids is 2. The average Bonchev–Trinajstić information content (AvgIpc) is 3.38. The second-order valence-electron chi connectivity index (χ2n) is 9.28. The fourth-order valence-corrected chi connectivity index (χ4v) is 4.19. The minimum atomic E-state index is -4.44. The average molecular weight is 512 g/mol. The van der Waals surface area contributed by atoms with Crippen molar-refractivity contribution in [2.45, 2.75) is 44.8 Å². The standard InChI is InChI=1S/C27H28F3N5O2/c1-18(2)35-17-31-25(33-35)26(37)34-14-12-21(13-15-34)20-7-9-23(10-8-20)32-24(36)11-6-19-4-3-5-22(16-19)27(28,29)30/h3-11,16-18,21H,12-15H2,1-2H3,(H,32,36)/b11-6+. The van der Waals surface area contributed by atoms with E-state index in [9.17, 15) is 22.8 Å². The molecule has 0 saturated carbocycles. The number of amides is 2. The van der Waals surface area contributed by atoms with E-state index < -0.39 is 17.6 Å². The molecule has 10 heteroatoms. The van der Waals surface area contributed by atoms with Gasteiger partial charge in [-0.1, -0.05) is 24.3 Å². The molecule has 1 N–H and O–H groups in total. The zero-order valence-electron chi connectivity index (χ0n) is 20.6. The molecule has 0 aliphatic carbocycles. The lowest BCUT2D eigenvalue weighted by atomic mass is 9.89. The Kier molecular flexibility index (Phi) is 7.75. The Morgan fingerprint density at radius 1 is 1.08 bits per heavy atom. The summed E-state index contributed by atoms with van der Waals surface area (Å²) in [5, 5.41) is 6.99. The molecule has 1 aliphatic heterocycles. The first-order valence-corrected chi connectivity index (χ1v) is 12.1. The zero-order valence-corrected chi connectivity index (χ0v) is 20.6. The molecule has 3 aromatic rings. The molecule has 2 aromatic carbocycles. The lowest BCUT2D eigenvalue weighted by molar-refractivity contribution is -0.137. The first-order chi connectivity index (χ1) is 17.6. The van der Waals surface area contributed by atoms with Crippen LogP contribution in [0.4, 0.5) is 18.9 Å². The van der Waals surface area contributed by atoms with Crippen LogP contribution in [-0.4, -0.2) is 44.6 Å². The number of anilines is 1. The molecule has 1 saturated heterocycles. The Balaban J connectivity index is 1.29. The van der Waals surface area contributed by atoms with Gasteiger partial charge in [0.05, 0.1) is 5.56 Å². The number of piperidine rings is 1. The fourth-order valence-electron chi connectivity index (χ4n) is 4.19. The van der Waals surface area contributed by atoms with Crippen molar-refractivity contribution in [3.05, 3.63) is 83.4 Å². The van der Waals surface area contributed by atoms with Crippen LogP contribution < -0.4 is 5.32 Å². The van der Waals surface area contributed by atoms with Crippen molar-refractivity contribution in [1.82, 2.24) is 19.7 Å². The molecular weight excluding hydrogens is 483 g/mol. The minimum absolute atomic E-state index is 0.138. The molecule has 2 heterocycles. The number of rotatable bonds is 6. The summed E-state index contributed by atoms with van der Waals surface area (Å²) in [6.07, 6.45) is 1.30. The third-order valence-corrected chi connectivity index (χ3v) is 6.30. The molecule has 0 bridgehead atoms. The van der Waals surface area contributed by atoms with Crippen LogP contribution in [0, 0.1) is 0 Å². The first-order valence-electron chi connectivity index (χ1n) is 12.1. The number of benzene rings is 2. The number of nitrogens with zero attached hydrogens (tertiary/aromatic N) is 4. The van der Waals surface area contributed by atoms with Crippen LogP contribution in [0.1, 0.15) is 66.0 Å². The summed E-state index contributed by atoms with van der Waals surface area (Å²) in [4.78, 5) is 30.9. The van der Waals surface area contributed by atoms with E-state index in [1.807, 2.05) is 26.0 Å². The van der Waals surface area contributed by atoms with Gasteiger partial charge in [0.25, 0.3) is 5.91 Å². The number of likely N-dealkylation sites (tertiary alicyclic amines) is 1. The van der Waals surface area contributed by atoms with Gasteiger partial charge >= 0.3 is 6.18 Å². The van der Waals surface area contributed by atoms with Crippen molar-refractivity contribution >= 4 is 23.6 Å². The summed E-state index contributed by atoms with van der Waals surface area (Å²) in [6.45, 7) is 5.17. The van der Waals surface area contributed by atoms with Crippen LogP contribution in [0.15, 0.2) is 60.9 Å². The van der Waals surface area contributed by atoms with E-state index in [2.05, 4.69) is 15.4 Å². The van der Waals surface area contributed by atoms with Crippen molar-refractivity contribution in [3.8, 4) is 0 Å². The van der Waals surface area contributed by atoms with Crippen molar-refractivity contribution in [3.63, 3.8) is 0 Å². The van der Waals surface area contributed by atoms with Crippen LogP contribution in [0.25, 0.3) is 6.08 Å². The van der Waals surface area contributed by atoms with E-state index in [0.717, 1.165) is 30.5 Å². The summed E-state index contributed by atoms with van der Waals surface area (Å²) in [5.74, 6) is -0.0928. The molecule has 0 radical (unpaired) electrons. The molecule has 0 unspecified atom stereocenters. The molecule has 1 fully saturated rings. The smallest absolute Gasteiger partial charge is 0.336 e. The van der Waals surface area contributed by atoms with Crippen LogP contribution in [-0.2, 0) is 11.0 Å². The third-order valence-electron chi connectivity index (χ3n) is 6.30. The maximum Gasteiger partial charge on any atom is 0.416 e. The van der Waals surface area contributed by atoms with E-state index in [4.69, 9.17) is 0 Å². The molecule has 1 aromatic heterocycles. The van der Waals surface area contributed by atoms with Gasteiger partial charge in [-0.15, -0.1) is 5.10 Å². The monoisotopic (exact) mass is 511 g/mol. The fraction of sp³-hybridized carbons (Fsp3) is 0.333. The van der Waals surface area contributed by atoms with Gasteiger partial charge in [0.2, 0.25) is 11.7 Å². The zero-order chi connectivity index (χ0) is 26.6. The molecule has 37 heavy (non-hydrogen) atoms. The largest absolute Gasteiger partial charge is 0.416 e. The van der Waals surface area contributed by atoms with Gasteiger partial charge in [-0.2, -0.15) is 13.2 Å². The SMILES string of the molecule is CC(C)n1cnc(C(=O)N2CCC(c3ccc(NC(=O)/C=C/c4cccc(C(F)(F)F)c4)cc3)CC2)n1. The van der Waals surface area contributed by atoms with Crippen LogP contribution >= 0.6 is 0 Å². The maximum atomic E-state index is 12.8. The maximum absolute atomic E-state index is 12.8. The Hall–Kier alpha value is -3.95. The summed E-state index contributed by atoms with van der Waals surface area (Å²) < 4.78 is 40.2. The third kappa shape index (κ3) is 6.63. The Morgan fingerprint density at radius 2 is 1.78 bits per heavy atom. The number of alkyl halides is 3. The summed E-state index contributed by atoms with van der Waals surface area (Å²) >= 11 is 0. The molecule has 0 spiro atoms. The topological polar surface area (TPSA) is 80.1 Å². The van der Waals surface area contributed by atoms with Crippen molar-refractivity contribution in [2.75, 3.05) is 18.4 Å². The van der Waals surface area contributed by atoms with Crippen molar-refractivity contribution in [2.24, 2.45) is 0 Å². The van der Waals surface area contributed by atoms with Gasteiger partial charge in [0.15, 0.2) is 0 Å².